The summed E-state index contributed by atoms with van der Waals surface area (Å²) in [6, 6.07) is 4.32. The first-order valence-electron chi connectivity index (χ1n) is 7.27. The van der Waals surface area contributed by atoms with Crippen molar-refractivity contribution in [2.24, 2.45) is 5.92 Å². The van der Waals surface area contributed by atoms with E-state index >= 15 is 0 Å². The lowest BCUT2D eigenvalue weighted by molar-refractivity contribution is 0.263. The molecule has 0 bridgehead atoms. The van der Waals surface area contributed by atoms with Gasteiger partial charge >= 0.3 is 0 Å². The molecule has 0 aromatic carbocycles. The van der Waals surface area contributed by atoms with Crippen molar-refractivity contribution in [1.29, 1.82) is 0 Å². The minimum atomic E-state index is 0.463. The van der Waals surface area contributed by atoms with Gasteiger partial charge in [-0.2, -0.15) is 16.7 Å². The van der Waals surface area contributed by atoms with Crippen LogP contribution in [-0.2, 0) is 0 Å². The lowest BCUT2D eigenvalue weighted by Gasteiger charge is -2.16. The Morgan fingerprint density at radius 2 is 2.25 bits per heavy atom. The Hall–Kier alpha value is -1.10. The van der Waals surface area contributed by atoms with Gasteiger partial charge in [0.25, 0.3) is 0 Å². The van der Waals surface area contributed by atoms with E-state index in [2.05, 4.69) is 30.4 Å². The summed E-state index contributed by atoms with van der Waals surface area (Å²) in [6.07, 6.45) is 5.88. The van der Waals surface area contributed by atoms with Gasteiger partial charge in [0.05, 0.1) is 12.3 Å². The number of hydrogen-bond acceptors (Lipinski definition) is 5. The van der Waals surface area contributed by atoms with E-state index in [1.807, 2.05) is 23.9 Å². The molecule has 1 aromatic rings. The van der Waals surface area contributed by atoms with Crippen molar-refractivity contribution in [1.82, 2.24) is 4.98 Å². The van der Waals surface area contributed by atoms with E-state index < -0.39 is 0 Å². The molecule has 0 saturated heterocycles. The fraction of sp³-hybridized carbons (Fsp3) is 0.667. The molecule has 2 atom stereocenters. The third kappa shape index (κ3) is 4.20. The molecular formula is C15H25N3OS. The number of rotatable bonds is 6. The lowest BCUT2D eigenvalue weighted by atomic mass is 10.2. The first-order valence-corrected chi connectivity index (χ1v) is 8.56. The molecule has 20 heavy (non-hydrogen) atoms. The standard InChI is InChI=1S/C15H25N3OS/c1-10(2)9-19-15-13(16)6-7-14(18-15)17-11-4-5-12(8-11)20-3/h6-7,10-12H,4-5,8-9,16H2,1-3H3,(H,17,18). The molecule has 5 heteroatoms. The van der Waals surface area contributed by atoms with Gasteiger partial charge in [0.1, 0.15) is 5.82 Å². The van der Waals surface area contributed by atoms with E-state index in [0.29, 0.717) is 30.1 Å². The molecule has 3 N–H and O–H groups in total. The maximum atomic E-state index is 5.91. The molecule has 1 saturated carbocycles. The van der Waals surface area contributed by atoms with Gasteiger partial charge < -0.3 is 15.8 Å². The monoisotopic (exact) mass is 295 g/mol. The van der Waals surface area contributed by atoms with Crippen LogP contribution in [0, 0.1) is 5.92 Å². The van der Waals surface area contributed by atoms with Crippen molar-refractivity contribution in [3.8, 4) is 5.88 Å². The lowest BCUT2D eigenvalue weighted by Crippen LogP contribution is -2.17. The summed E-state index contributed by atoms with van der Waals surface area (Å²) in [7, 11) is 0. The number of pyridine rings is 1. The number of nitrogens with zero attached hydrogens (tertiary/aromatic N) is 1. The van der Waals surface area contributed by atoms with E-state index in [9.17, 15) is 0 Å². The number of thioether (sulfide) groups is 1. The highest BCUT2D eigenvalue weighted by Crippen LogP contribution is 2.30. The van der Waals surface area contributed by atoms with Crippen molar-refractivity contribution in [3.05, 3.63) is 12.1 Å². The maximum absolute atomic E-state index is 5.91. The van der Waals surface area contributed by atoms with Crippen molar-refractivity contribution in [2.75, 3.05) is 23.9 Å². The predicted octanol–water partition coefficient (Wildman–Crippen LogP) is 3.39. The fourth-order valence-electron chi connectivity index (χ4n) is 2.39. The average Bonchev–Trinajstić information content (AvgIpc) is 2.87. The normalized spacial score (nSPS) is 22.2. The van der Waals surface area contributed by atoms with Crippen LogP contribution in [-0.4, -0.2) is 29.1 Å². The highest BCUT2D eigenvalue weighted by Gasteiger charge is 2.24. The number of anilines is 2. The number of nitrogen functional groups attached to an aromatic ring is 1. The van der Waals surface area contributed by atoms with Gasteiger partial charge in [-0.05, 0) is 43.6 Å². The van der Waals surface area contributed by atoms with Crippen LogP contribution in [0.2, 0.25) is 0 Å². The number of nitrogens with two attached hydrogens (primary N) is 1. The summed E-state index contributed by atoms with van der Waals surface area (Å²) in [6.45, 7) is 4.86. The molecule has 112 valence electrons. The third-order valence-electron chi connectivity index (χ3n) is 3.51. The molecule has 1 heterocycles. The zero-order valence-electron chi connectivity index (χ0n) is 12.6. The van der Waals surface area contributed by atoms with Crippen molar-refractivity contribution < 1.29 is 4.74 Å². The zero-order chi connectivity index (χ0) is 14.5. The number of ether oxygens (including phenoxy) is 1. The van der Waals surface area contributed by atoms with Gasteiger partial charge in [-0.15, -0.1) is 0 Å². The van der Waals surface area contributed by atoms with Crippen LogP contribution >= 0.6 is 11.8 Å². The maximum Gasteiger partial charge on any atom is 0.239 e. The molecular weight excluding hydrogens is 270 g/mol. The molecule has 1 aliphatic rings. The summed E-state index contributed by atoms with van der Waals surface area (Å²) in [4.78, 5) is 4.49. The van der Waals surface area contributed by atoms with Crippen LogP contribution in [0.15, 0.2) is 12.1 Å². The largest absolute Gasteiger partial charge is 0.476 e. The Balaban J connectivity index is 1.96. The van der Waals surface area contributed by atoms with E-state index in [4.69, 9.17) is 10.5 Å². The van der Waals surface area contributed by atoms with Crippen LogP contribution in [0.5, 0.6) is 5.88 Å². The van der Waals surface area contributed by atoms with E-state index in [1.165, 1.54) is 19.3 Å². The summed E-state index contributed by atoms with van der Waals surface area (Å²) in [5.41, 5.74) is 6.51. The molecule has 0 aliphatic heterocycles. The molecule has 0 spiro atoms. The summed E-state index contributed by atoms with van der Waals surface area (Å²) in [5, 5.41) is 4.28. The molecule has 1 aromatic heterocycles. The number of hydrogen-bond donors (Lipinski definition) is 2. The second-order valence-corrected chi connectivity index (χ2v) is 6.95. The Morgan fingerprint density at radius 1 is 1.45 bits per heavy atom. The second kappa shape index (κ2) is 7.07. The quantitative estimate of drug-likeness (QED) is 0.842. The first kappa shape index (κ1) is 15.3. The van der Waals surface area contributed by atoms with Crippen molar-refractivity contribution in [2.45, 2.75) is 44.4 Å². The van der Waals surface area contributed by atoms with E-state index in [0.717, 1.165) is 11.1 Å². The smallest absolute Gasteiger partial charge is 0.239 e. The van der Waals surface area contributed by atoms with E-state index in [1.54, 1.807) is 0 Å². The molecule has 2 rings (SSSR count). The Labute approximate surface area is 125 Å². The molecule has 0 radical (unpaired) electrons. The highest BCUT2D eigenvalue weighted by atomic mass is 32.2. The zero-order valence-corrected chi connectivity index (χ0v) is 13.4. The minimum Gasteiger partial charge on any atom is -0.476 e. The van der Waals surface area contributed by atoms with Gasteiger partial charge in [-0.25, -0.2) is 0 Å². The predicted molar refractivity (Wildman–Crippen MR) is 87.5 cm³/mol. The first-order chi connectivity index (χ1) is 9.58. The number of nitrogens with one attached hydrogen (secondary N) is 1. The van der Waals surface area contributed by atoms with E-state index in [-0.39, 0.29) is 0 Å². The Bertz CT molecular complexity index is 439. The van der Waals surface area contributed by atoms with Crippen LogP contribution < -0.4 is 15.8 Å². The summed E-state index contributed by atoms with van der Waals surface area (Å²) in [5.74, 6) is 1.87. The molecule has 4 nitrogen and oxygen atoms in total. The molecule has 1 fully saturated rings. The Kier molecular flexibility index (Phi) is 5.40. The third-order valence-corrected chi connectivity index (χ3v) is 4.61. The Morgan fingerprint density at radius 3 is 2.90 bits per heavy atom. The molecule has 2 unspecified atom stereocenters. The van der Waals surface area contributed by atoms with Crippen LogP contribution in [0.3, 0.4) is 0 Å². The SMILES string of the molecule is CSC1CCC(Nc2ccc(N)c(OCC(C)C)n2)C1. The van der Waals surface area contributed by atoms with Gasteiger partial charge in [-0.3, -0.25) is 0 Å². The van der Waals surface area contributed by atoms with Gasteiger partial charge in [0.15, 0.2) is 0 Å². The topological polar surface area (TPSA) is 60.2 Å². The second-order valence-electron chi connectivity index (χ2n) is 5.81. The van der Waals surface area contributed by atoms with Gasteiger partial charge in [0, 0.05) is 11.3 Å². The van der Waals surface area contributed by atoms with Crippen LogP contribution in [0.25, 0.3) is 0 Å². The van der Waals surface area contributed by atoms with Crippen LogP contribution in [0.4, 0.5) is 11.5 Å². The fourth-order valence-corrected chi connectivity index (χ4v) is 3.18. The summed E-state index contributed by atoms with van der Waals surface area (Å²) >= 11 is 1.96. The number of aromatic nitrogens is 1. The molecule has 0 amide bonds. The van der Waals surface area contributed by atoms with Crippen molar-refractivity contribution in [3.63, 3.8) is 0 Å². The highest BCUT2D eigenvalue weighted by molar-refractivity contribution is 7.99. The van der Waals surface area contributed by atoms with Crippen LogP contribution in [0.1, 0.15) is 33.1 Å². The molecule has 1 aliphatic carbocycles. The minimum absolute atomic E-state index is 0.463. The van der Waals surface area contributed by atoms with Crippen molar-refractivity contribution >= 4 is 23.3 Å². The van der Waals surface area contributed by atoms with Gasteiger partial charge in [-0.1, -0.05) is 13.8 Å². The summed E-state index contributed by atoms with van der Waals surface area (Å²) < 4.78 is 5.67. The average molecular weight is 295 g/mol. The van der Waals surface area contributed by atoms with Gasteiger partial charge in [0.2, 0.25) is 5.88 Å².